The highest BCUT2D eigenvalue weighted by atomic mass is 32.2. The zero-order valence-electron chi connectivity index (χ0n) is 10.5. The lowest BCUT2D eigenvalue weighted by molar-refractivity contribution is -0.385. The van der Waals surface area contributed by atoms with E-state index in [-0.39, 0.29) is 23.7 Å². The zero-order chi connectivity index (χ0) is 14.4. The van der Waals surface area contributed by atoms with E-state index in [9.17, 15) is 23.6 Å². The molecule has 104 valence electrons. The summed E-state index contributed by atoms with van der Waals surface area (Å²) in [5, 5.41) is 20.0. The predicted octanol–water partition coefficient (Wildman–Crippen LogP) is 0.577. The van der Waals surface area contributed by atoms with E-state index in [4.69, 9.17) is 0 Å². The molecule has 0 unspecified atom stereocenters. The van der Waals surface area contributed by atoms with Crippen LogP contribution in [-0.2, 0) is 10.0 Å². The maximum atomic E-state index is 12.3. The van der Waals surface area contributed by atoms with Gasteiger partial charge in [-0.25, -0.2) is 8.42 Å². The minimum Gasteiger partial charge on any atom is -0.390 e. The number of non-ortho nitro benzene ring substituents is 1. The van der Waals surface area contributed by atoms with E-state index in [1.165, 1.54) is 6.07 Å². The Hall–Kier alpha value is -1.51. The van der Waals surface area contributed by atoms with Crippen molar-refractivity contribution in [2.75, 3.05) is 13.1 Å². The third kappa shape index (κ3) is 2.34. The highest BCUT2D eigenvalue weighted by Gasteiger charge is 2.37. The van der Waals surface area contributed by atoms with Crippen LogP contribution in [0.15, 0.2) is 17.0 Å². The second-order valence-electron chi connectivity index (χ2n) is 4.62. The first kappa shape index (κ1) is 13.9. The second kappa shape index (κ2) is 4.55. The molecule has 1 saturated heterocycles. The molecule has 0 spiro atoms. The molecule has 2 rings (SSSR count). The number of nitro groups is 1. The number of hydrogen-bond donors (Lipinski definition) is 1. The van der Waals surface area contributed by atoms with Crippen molar-refractivity contribution in [1.29, 1.82) is 0 Å². The number of aliphatic hydroxyl groups excluding tert-OH is 1. The SMILES string of the molecule is Cc1cc([N+](=O)[O-])cc(S(=O)(=O)N2CC(O)C2)c1C. The lowest BCUT2D eigenvalue weighted by Gasteiger charge is -2.34. The topological polar surface area (TPSA) is 101 Å². The van der Waals surface area contributed by atoms with Gasteiger partial charge in [0.25, 0.3) is 5.69 Å². The average Bonchev–Trinajstić information content (AvgIpc) is 2.27. The van der Waals surface area contributed by atoms with Gasteiger partial charge in [0, 0.05) is 25.2 Å². The van der Waals surface area contributed by atoms with Crippen molar-refractivity contribution in [3.05, 3.63) is 33.4 Å². The Labute approximate surface area is 110 Å². The number of sulfonamides is 1. The Morgan fingerprint density at radius 3 is 2.42 bits per heavy atom. The summed E-state index contributed by atoms with van der Waals surface area (Å²) in [4.78, 5) is 10.1. The maximum absolute atomic E-state index is 12.3. The number of nitro benzene ring substituents is 1. The molecule has 1 aromatic rings. The molecule has 8 heteroatoms. The van der Waals surface area contributed by atoms with Gasteiger partial charge >= 0.3 is 0 Å². The fourth-order valence-electron chi connectivity index (χ4n) is 1.93. The highest BCUT2D eigenvalue weighted by Crippen LogP contribution is 2.29. The number of hydrogen-bond acceptors (Lipinski definition) is 5. The van der Waals surface area contributed by atoms with Gasteiger partial charge in [0.05, 0.1) is 15.9 Å². The molecule has 19 heavy (non-hydrogen) atoms. The monoisotopic (exact) mass is 286 g/mol. The van der Waals surface area contributed by atoms with E-state index in [2.05, 4.69) is 0 Å². The number of β-amino-alcohol motifs (C(OH)–C–C–N with tert-alkyl or cyclic N) is 1. The molecular formula is C11H14N2O5S. The van der Waals surface area contributed by atoms with Crippen LogP contribution in [0.25, 0.3) is 0 Å². The third-order valence-electron chi connectivity index (χ3n) is 3.26. The summed E-state index contributed by atoms with van der Waals surface area (Å²) in [6.45, 7) is 3.31. The quantitative estimate of drug-likeness (QED) is 0.647. The predicted molar refractivity (Wildman–Crippen MR) is 67.3 cm³/mol. The smallest absolute Gasteiger partial charge is 0.271 e. The van der Waals surface area contributed by atoms with Crippen LogP contribution in [0, 0.1) is 24.0 Å². The van der Waals surface area contributed by atoms with Crippen LogP contribution >= 0.6 is 0 Å². The maximum Gasteiger partial charge on any atom is 0.271 e. The van der Waals surface area contributed by atoms with Crippen LogP contribution in [0.3, 0.4) is 0 Å². The molecule has 7 nitrogen and oxygen atoms in total. The van der Waals surface area contributed by atoms with Gasteiger partial charge in [0.1, 0.15) is 0 Å². The van der Waals surface area contributed by atoms with Gasteiger partial charge in [0.15, 0.2) is 0 Å². The molecule has 1 N–H and O–H groups in total. The van der Waals surface area contributed by atoms with Crippen molar-refractivity contribution in [2.24, 2.45) is 0 Å². The van der Waals surface area contributed by atoms with E-state index in [0.29, 0.717) is 11.1 Å². The zero-order valence-corrected chi connectivity index (χ0v) is 11.3. The van der Waals surface area contributed by atoms with E-state index >= 15 is 0 Å². The fourth-order valence-corrected chi connectivity index (χ4v) is 3.77. The second-order valence-corrected chi connectivity index (χ2v) is 6.53. The summed E-state index contributed by atoms with van der Waals surface area (Å²) < 4.78 is 25.7. The van der Waals surface area contributed by atoms with Gasteiger partial charge in [-0.15, -0.1) is 0 Å². The van der Waals surface area contributed by atoms with Crippen LogP contribution in [0.4, 0.5) is 5.69 Å². The summed E-state index contributed by atoms with van der Waals surface area (Å²) in [5.41, 5.74) is 0.795. The standard InChI is InChI=1S/C11H14N2O5S/c1-7-3-9(13(15)16)4-11(8(7)2)19(17,18)12-5-10(14)6-12/h3-4,10,14H,5-6H2,1-2H3. The Bertz CT molecular complexity index is 635. The minimum absolute atomic E-state index is 0.0313. The lowest BCUT2D eigenvalue weighted by atomic mass is 10.1. The molecule has 0 aliphatic carbocycles. The van der Waals surface area contributed by atoms with Crippen molar-refractivity contribution < 1.29 is 18.4 Å². The van der Waals surface area contributed by atoms with Gasteiger partial charge in [-0.3, -0.25) is 10.1 Å². The van der Waals surface area contributed by atoms with Gasteiger partial charge in [0.2, 0.25) is 10.0 Å². The van der Waals surface area contributed by atoms with Gasteiger partial charge in [-0.1, -0.05) is 0 Å². The fraction of sp³-hybridized carbons (Fsp3) is 0.455. The van der Waals surface area contributed by atoms with Crippen LogP contribution in [-0.4, -0.2) is 41.9 Å². The largest absolute Gasteiger partial charge is 0.390 e. The summed E-state index contributed by atoms with van der Waals surface area (Å²) >= 11 is 0. The third-order valence-corrected chi connectivity index (χ3v) is 5.22. The van der Waals surface area contributed by atoms with Gasteiger partial charge in [-0.2, -0.15) is 4.31 Å². The summed E-state index contributed by atoms with van der Waals surface area (Å²) in [6, 6.07) is 2.42. The van der Waals surface area contributed by atoms with Crippen LogP contribution in [0.1, 0.15) is 11.1 Å². The highest BCUT2D eigenvalue weighted by molar-refractivity contribution is 7.89. The molecule has 0 radical (unpaired) electrons. The van der Waals surface area contributed by atoms with Crippen LogP contribution in [0.5, 0.6) is 0 Å². The van der Waals surface area contributed by atoms with Gasteiger partial charge in [-0.05, 0) is 25.0 Å². The minimum atomic E-state index is -3.78. The molecular weight excluding hydrogens is 272 g/mol. The lowest BCUT2D eigenvalue weighted by Crippen LogP contribution is -2.53. The Balaban J connectivity index is 2.52. The van der Waals surface area contributed by atoms with Crippen LogP contribution < -0.4 is 0 Å². The molecule has 0 atom stereocenters. The summed E-state index contributed by atoms with van der Waals surface area (Å²) in [5.74, 6) is 0. The molecule has 1 fully saturated rings. The molecule has 0 saturated carbocycles. The molecule has 0 amide bonds. The Morgan fingerprint density at radius 2 is 1.95 bits per heavy atom. The molecule has 0 aromatic heterocycles. The van der Waals surface area contributed by atoms with E-state index < -0.39 is 21.1 Å². The molecule has 1 aliphatic heterocycles. The van der Waals surface area contributed by atoms with E-state index in [1.807, 2.05) is 0 Å². The molecule has 1 heterocycles. The first-order valence-electron chi connectivity index (χ1n) is 5.67. The van der Waals surface area contributed by atoms with Crippen molar-refractivity contribution in [3.63, 3.8) is 0 Å². The van der Waals surface area contributed by atoms with Crippen molar-refractivity contribution in [3.8, 4) is 0 Å². The van der Waals surface area contributed by atoms with Gasteiger partial charge < -0.3 is 5.11 Å². The number of nitrogens with zero attached hydrogens (tertiary/aromatic N) is 2. The van der Waals surface area contributed by atoms with Crippen molar-refractivity contribution in [1.82, 2.24) is 4.31 Å². The Morgan fingerprint density at radius 1 is 1.37 bits per heavy atom. The first-order chi connectivity index (χ1) is 8.73. The van der Waals surface area contributed by atoms with Crippen LogP contribution in [0.2, 0.25) is 0 Å². The summed E-state index contributed by atoms with van der Waals surface area (Å²) in [7, 11) is -3.78. The summed E-state index contributed by atoms with van der Waals surface area (Å²) in [6.07, 6.45) is -0.658. The van der Waals surface area contributed by atoms with Crippen molar-refractivity contribution >= 4 is 15.7 Å². The average molecular weight is 286 g/mol. The number of aryl methyl sites for hydroxylation is 1. The number of benzene rings is 1. The van der Waals surface area contributed by atoms with E-state index in [0.717, 1.165) is 10.4 Å². The normalized spacial score (nSPS) is 17.2. The Kier molecular flexibility index (Phi) is 3.33. The van der Waals surface area contributed by atoms with E-state index in [1.54, 1.807) is 13.8 Å². The number of aliphatic hydroxyl groups is 1. The number of rotatable bonds is 3. The molecule has 0 bridgehead atoms. The molecule has 1 aromatic carbocycles. The molecule has 1 aliphatic rings. The van der Waals surface area contributed by atoms with Crippen molar-refractivity contribution in [2.45, 2.75) is 24.8 Å². The first-order valence-corrected chi connectivity index (χ1v) is 7.11.